The maximum atomic E-state index is 5.27. The van der Waals surface area contributed by atoms with Gasteiger partial charge >= 0.3 is 0 Å². The molecule has 1 aromatic carbocycles. The molecule has 0 atom stereocenters. The molecule has 2 rings (SSSR count). The lowest BCUT2D eigenvalue weighted by atomic mass is 10.0. The van der Waals surface area contributed by atoms with E-state index >= 15 is 0 Å². The van der Waals surface area contributed by atoms with Gasteiger partial charge in [0, 0.05) is 18.0 Å². The van der Waals surface area contributed by atoms with Gasteiger partial charge in [0.1, 0.15) is 11.6 Å². The van der Waals surface area contributed by atoms with Crippen LogP contribution in [0.25, 0.3) is 11.4 Å². The molecule has 0 amide bonds. The summed E-state index contributed by atoms with van der Waals surface area (Å²) in [5, 5.41) is 0. The molecule has 3 heteroatoms. The zero-order valence-electron chi connectivity index (χ0n) is 9.16. The monoisotopic (exact) mass is 202 g/mol. The normalized spacial score (nSPS) is 10.3. The lowest BCUT2D eigenvalue weighted by Crippen LogP contribution is -1.92. The first-order valence-corrected chi connectivity index (χ1v) is 4.87. The summed E-state index contributed by atoms with van der Waals surface area (Å²) in [5.41, 5.74) is 3.40. The van der Waals surface area contributed by atoms with E-state index in [-0.39, 0.29) is 0 Å². The molecule has 0 radical (unpaired) electrons. The SMILES string of the molecule is COc1cc(C)c(-c2ncc[nH]2)cc1C. The van der Waals surface area contributed by atoms with Gasteiger partial charge in [-0.2, -0.15) is 0 Å². The van der Waals surface area contributed by atoms with Crippen LogP contribution < -0.4 is 4.74 Å². The molecule has 0 saturated carbocycles. The molecule has 78 valence electrons. The van der Waals surface area contributed by atoms with Crippen LogP contribution in [0.1, 0.15) is 11.1 Å². The summed E-state index contributed by atoms with van der Waals surface area (Å²) in [4.78, 5) is 7.35. The Kier molecular flexibility index (Phi) is 2.46. The second kappa shape index (κ2) is 3.77. The Hall–Kier alpha value is -1.77. The second-order valence-corrected chi connectivity index (χ2v) is 3.57. The van der Waals surface area contributed by atoms with Crippen molar-refractivity contribution in [1.29, 1.82) is 0 Å². The zero-order chi connectivity index (χ0) is 10.8. The van der Waals surface area contributed by atoms with Crippen LogP contribution in [0, 0.1) is 13.8 Å². The van der Waals surface area contributed by atoms with Gasteiger partial charge in [-0.05, 0) is 37.1 Å². The third-order valence-electron chi connectivity index (χ3n) is 2.50. The largest absolute Gasteiger partial charge is 0.496 e. The number of methoxy groups -OCH3 is 1. The molecule has 0 spiro atoms. The van der Waals surface area contributed by atoms with Crippen LogP contribution in [0.15, 0.2) is 24.5 Å². The molecule has 3 nitrogen and oxygen atoms in total. The first-order chi connectivity index (χ1) is 7.22. The van der Waals surface area contributed by atoms with E-state index in [1.807, 2.05) is 19.2 Å². The van der Waals surface area contributed by atoms with Gasteiger partial charge in [-0.25, -0.2) is 4.98 Å². The number of imidazole rings is 1. The van der Waals surface area contributed by atoms with Crippen LogP contribution >= 0.6 is 0 Å². The van der Waals surface area contributed by atoms with E-state index in [1.165, 1.54) is 0 Å². The summed E-state index contributed by atoms with van der Waals surface area (Å²) < 4.78 is 5.27. The summed E-state index contributed by atoms with van der Waals surface area (Å²) >= 11 is 0. The Bertz CT molecular complexity index is 461. The number of rotatable bonds is 2. The lowest BCUT2D eigenvalue weighted by molar-refractivity contribution is 0.411. The van der Waals surface area contributed by atoms with Crippen molar-refractivity contribution in [3.05, 3.63) is 35.7 Å². The molecule has 0 unspecified atom stereocenters. The Morgan fingerprint density at radius 2 is 2.00 bits per heavy atom. The zero-order valence-corrected chi connectivity index (χ0v) is 9.16. The van der Waals surface area contributed by atoms with Gasteiger partial charge in [0.05, 0.1) is 7.11 Å². The second-order valence-electron chi connectivity index (χ2n) is 3.57. The van der Waals surface area contributed by atoms with Crippen molar-refractivity contribution in [3.8, 4) is 17.1 Å². The number of aromatic amines is 1. The number of ether oxygens (including phenoxy) is 1. The molecule has 0 bridgehead atoms. The summed E-state index contributed by atoms with van der Waals surface area (Å²) in [6.45, 7) is 4.09. The first kappa shape index (κ1) is 9.77. The number of hydrogen-bond donors (Lipinski definition) is 1. The number of benzene rings is 1. The molecule has 0 fully saturated rings. The fraction of sp³-hybridized carbons (Fsp3) is 0.250. The fourth-order valence-electron chi connectivity index (χ4n) is 1.68. The summed E-state index contributed by atoms with van der Waals surface area (Å²) in [5.74, 6) is 1.82. The van der Waals surface area contributed by atoms with Crippen molar-refractivity contribution in [1.82, 2.24) is 9.97 Å². The Balaban J connectivity index is 2.55. The first-order valence-electron chi connectivity index (χ1n) is 4.87. The lowest BCUT2D eigenvalue weighted by Gasteiger charge is -2.09. The molecule has 0 saturated heterocycles. The Labute approximate surface area is 89.1 Å². The van der Waals surface area contributed by atoms with E-state index in [4.69, 9.17) is 4.74 Å². The molecule has 1 aromatic heterocycles. The van der Waals surface area contributed by atoms with Crippen molar-refractivity contribution >= 4 is 0 Å². The highest BCUT2D eigenvalue weighted by molar-refractivity contribution is 5.63. The molecule has 0 aliphatic carbocycles. The highest BCUT2D eigenvalue weighted by Crippen LogP contribution is 2.27. The topological polar surface area (TPSA) is 37.9 Å². The van der Waals surface area contributed by atoms with Crippen molar-refractivity contribution in [2.45, 2.75) is 13.8 Å². The van der Waals surface area contributed by atoms with Crippen LogP contribution in [-0.4, -0.2) is 17.1 Å². The molecule has 0 aliphatic heterocycles. The minimum absolute atomic E-state index is 0.901. The third-order valence-corrected chi connectivity index (χ3v) is 2.50. The fourth-order valence-corrected chi connectivity index (χ4v) is 1.68. The maximum Gasteiger partial charge on any atom is 0.137 e. The van der Waals surface area contributed by atoms with Crippen LogP contribution in [0.2, 0.25) is 0 Å². The van der Waals surface area contributed by atoms with Crippen molar-refractivity contribution in [2.24, 2.45) is 0 Å². The van der Waals surface area contributed by atoms with Crippen LogP contribution in [-0.2, 0) is 0 Å². The number of nitrogens with one attached hydrogen (secondary N) is 1. The molecule has 2 aromatic rings. The van der Waals surface area contributed by atoms with Gasteiger partial charge in [-0.3, -0.25) is 0 Å². The molecule has 1 heterocycles. The highest BCUT2D eigenvalue weighted by Gasteiger charge is 2.07. The van der Waals surface area contributed by atoms with Gasteiger partial charge in [-0.15, -0.1) is 0 Å². The number of aryl methyl sites for hydroxylation is 2. The minimum atomic E-state index is 0.901. The highest BCUT2D eigenvalue weighted by atomic mass is 16.5. The molecular weight excluding hydrogens is 188 g/mol. The van der Waals surface area contributed by atoms with Gasteiger partial charge in [-0.1, -0.05) is 0 Å². The van der Waals surface area contributed by atoms with Gasteiger partial charge in [0.15, 0.2) is 0 Å². The molecule has 0 aliphatic rings. The van der Waals surface area contributed by atoms with Crippen LogP contribution in [0.3, 0.4) is 0 Å². The molecular formula is C12H14N2O. The number of nitrogens with zero attached hydrogens (tertiary/aromatic N) is 1. The predicted octanol–water partition coefficient (Wildman–Crippen LogP) is 2.70. The number of aromatic nitrogens is 2. The van der Waals surface area contributed by atoms with E-state index < -0.39 is 0 Å². The minimum Gasteiger partial charge on any atom is -0.496 e. The van der Waals surface area contributed by atoms with Crippen LogP contribution in [0.5, 0.6) is 5.75 Å². The quantitative estimate of drug-likeness (QED) is 0.813. The summed E-state index contributed by atoms with van der Waals surface area (Å²) in [7, 11) is 1.69. The molecule has 1 N–H and O–H groups in total. The Morgan fingerprint density at radius 3 is 2.60 bits per heavy atom. The summed E-state index contributed by atoms with van der Waals surface area (Å²) in [6, 6.07) is 4.13. The van der Waals surface area contributed by atoms with Crippen molar-refractivity contribution < 1.29 is 4.74 Å². The Morgan fingerprint density at radius 1 is 1.20 bits per heavy atom. The number of hydrogen-bond acceptors (Lipinski definition) is 2. The van der Waals surface area contributed by atoms with E-state index in [9.17, 15) is 0 Å². The summed E-state index contributed by atoms with van der Waals surface area (Å²) in [6.07, 6.45) is 3.59. The van der Waals surface area contributed by atoms with Gasteiger partial charge in [0.2, 0.25) is 0 Å². The third kappa shape index (κ3) is 1.73. The van der Waals surface area contributed by atoms with Crippen LogP contribution in [0.4, 0.5) is 0 Å². The standard InChI is InChI=1S/C12H14N2O/c1-8-7-11(15-3)9(2)6-10(8)12-13-4-5-14-12/h4-7H,1-3H3,(H,13,14). The number of H-pyrrole nitrogens is 1. The van der Waals surface area contributed by atoms with E-state index in [0.717, 1.165) is 28.3 Å². The van der Waals surface area contributed by atoms with Crippen molar-refractivity contribution in [2.75, 3.05) is 7.11 Å². The van der Waals surface area contributed by atoms with Gasteiger partial charge < -0.3 is 9.72 Å². The van der Waals surface area contributed by atoms with Crippen molar-refractivity contribution in [3.63, 3.8) is 0 Å². The van der Waals surface area contributed by atoms with Gasteiger partial charge in [0.25, 0.3) is 0 Å². The van der Waals surface area contributed by atoms with E-state index in [2.05, 4.69) is 23.0 Å². The van der Waals surface area contributed by atoms with E-state index in [0.29, 0.717) is 0 Å². The maximum absolute atomic E-state index is 5.27. The molecule has 15 heavy (non-hydrogen) atoms. The van der Waals surface area contributed by atoms with E-state index in [1.54, 1.807) is 13.3 Å². The average molecular weight is 202 g/mol. The predicted molar refractivity (Wildman–Crippen MR) is 60.0 cm³/mol. The average Bonchev–Trinajstić information content (AvgIpc) is 2.74. The smallest absolute Gasteiger partial charge is 0.137 e.